The molecule has 1 aromatic carbocycles. The van der Waals surface area contributed by atoms with Crippen LogP contribution in [0.1, 0.15) is 50.1 Å². The maximum atomic E-state index is 5.87. The van der Waals surface area contributed by atoms with Crippen LogP contribution in [0.3, 0.4) is 0 Å². The maximum absolute atomic E-state index is 5.87. The average Bonchev–Trinajstić information content (AvgIpc) is 2.36. The van der Waals surface area contributed by atoms with Crippen LogP contribution in [0.5, 0.6) is 5.75 Å². The second-order valence-electron chi connectivity index (χ2n) is 5.24. The van der Waals surface area contributed by atoms with E-state index >= 15 is 0 Å². The summed E-state index contributed by atoms with van der Waals surface area (Å²) in [6, 6.07) is 9.25. The molecule has 0 aromatic heterocycles. The smallest absolute Gasteiger partial charge is 0.119 e. The first-order chi connectivity index (χ1) is 8.42. The molecule has 2 heteroatoms. The molecule has 1 heterocycles. The molecule has 1 aliphatic heterocycles. The summed E-state index contributed by atoms with van der Waals surface area (Å²) < 4.78 is 5.87. The zero-order valence-corrected chi connectivity index (χ0v) is 10.3. The van der Waals surface area contributed by atoms with Crippen molar-refractivity contribution in [2.75, 3.05) is 6.54 Å². The van der Waals surface area contributed by atoms with Crippen molar-refractivity contribution >= 4 is 0 Å². The molecule has 1 atom stereocenters. The Hall–Kier alpha value is -1.02. The number of ether oxygens (including phenoxy) is 1. The molecular weight excluding hydrogens is 210 g/mol. The van der Waals surface area contributed by atoms with Gasteiger partial charge in [0.25, 0.3) is 0 Å². The summed E-state index contributed by atoms with van der Waals surface area (Å²) >= 11 is 0. The van der Waals surface area contributed by atoms with E-state index < -0.39 is 0 Å². The Labute approximate surface area is 103 Å². The summed E-state index contributed by atoms with van der Waals surface area (Å²) in [5, 5.41) is 3.58. The molecule has 3 rings (SSSR count). The fourth-order valence-corrected chi connectivity index (χ4v) is 2.60. The molecule has 0 radical (unpaired) electrons. The fraction of sp³-hybridized carbons (Fsp3) is 0.600. The molecule has 1 aliphatic carbocycles. The molecular formula is C15H21NO. The monoisotopic (exact) mass is 231 g/mol. The summed E-state index contributed by atoms with van der Waals surface area (Å²) in [7, 11) is 0. The molecule has 1 N–H and O–H groups in total. The molecule has 92 valence electrons. The van der Waals surface area contributed by atoms with Gasteiger partial charge in [0.15, 0.2) is 0 Å². The van der Waals surface area contributed by atoms with Crippen LogP contribution in [-0.2, 0) is 0 Å². The highest BCUT2D eigenvalue weighted by atomic mass is 16.5. The highest BCUT2D eigenvalue weighted by Gasteiger charge is 2.19. The Kier molecular flexibility index (Phi) is 3.32. The second-order valence-corrected chi connectivity index (χ2v) is 5.24. The fourth-order valence-electron chi connectivity index (χ4n) is 2.60. The summed E-state index contributed by atoms with van der Waals surface area (Å²) in [5.74, 6) is 1.04. The van der Waals surface area contributed by atoms with Crippen LogP contribution in [0.2, 0.25) is 0 Å². The first kappa shape index (κ1) is 11.1. The van der Waals surface area contributed by atoms with Gasteiger partial charge in [0.2, 0.25) is 0 Å². The Bertz CT molecular complexity index is 350. The summed E-state index contributed by atoms with van der Waals surface area (Å²) in [6.07, 6.45) is 8.20. The summed E-state index contributed by atoms with van der Waals surface area (Å²) in [6.45, 7) is 1.16. The lowest BCUT2D eigenvalue weighted by molar-refractivity contribution is 0.120. The van der Waals surface area contributed by atoms with Crippen molar-refractivity contribution in [3.05, 3.63) is 29.8 Å². The number of rotatable bonds is 3. The van der Waals surface area contributed by atoms with Crippen molar-refractivity contribution in [3.63, 3.8) is 0 Å². The number of hydrogen-bond donors (Lipinski definition) is 1. The molecule has 1 saturated heterocycles. The number of benzene rings is 1. The predicted molar refractivity (Wildman–Crippen MR) is 69.3 cm³/mol. The third-order valence-electron chi connectivity index (χ3n) is 3.95. The lowest BCUT2D eigenvalue weighted by Crippen LogP contribution is -2.27. The van der Waals surface area contributed by atoms with Crippen LogP contribution in [0.4, 0.5) is 0 Å². The first-order valence-electron chi connectivity index (χ1n) is 6.92. The molecule has 0 bridgehead atoms. The minimum absolute atomic E-state index is 0.480. The Morgan fingerprint density at radius 2 is 1.76 bits per heavy atom. The standard InChI is InChI=1S/C15H21NO/c1-2-11-16-15(6-1)12-7-9-14(10-8-12)17-13-4-3-5-13/h7-10,13,15-16H,1-6,11H2. The molecule has 0 spiro atoms. The molecule has 2 aliphatic rings. The Morgan fingerprint density at radius 1 is 0.941 bits per heavy atom. The summed E-state index contributed by atoms with van der Waals surface area (Å²) in [5.41, 5.74) is 1.41. The molecule has 2 fully saturated rings. The van der Waals surface area contributed by atoms with Gasteiger partial charge in [-0.1, -0.05) is 18.6 Å². The van der Waals surface area contributed by atoms with E-state index in [1.807, 2.05) is 0 Å². The van der Waals surface area contributed by atoms with E-state index in [-0.39, 0.29) is 0 Å². The number of nitrogens with one attached hydrogen (secondary N) is 1. The van der Waals surface area contributed by atoms with Crippen LogP contribution in [0, 0.1) is 0 Å². The zero-order chi connectivity index (χ0) is 11.5. The van der Waals surface area contributed by atoms with E-state index in [4.69, 9.17) is 4.74 Å². The van der Waals surface area contributed by atoms with Gasteiger partial charge in [-0.2, -0.15) is 0 Å². The Balaban J connectivity index is 1.62. The van der Waals surface area contributed by atoms with E-state index in [1.54, 1.807) is 0 Å². The maximum Gasteiger partial charge on any atom is 0.119 e. The highest BCUT2D eigenvalue weighted by Crippen LogP contribution is 2.28. The first-order valence-corrected chi connectivity index (χ1v) is 6.92. The SMILES string of the molecule is c1cc(C2CCCCN2)ccc1OC1CCC1. The van der Waals surface area contributed by atoms with Gasteiger partial charge < -0.3 is 10.1 Å². The molecule has 1 aromatic rings. The normalized spacial score (nSPS) is 25.3. The molecule has 17 heavy (non-hydrogen) atoms. The minimum atomic E-state index is 0.480. The van der Waals surface area contributed by atoms with Crippen LogP contribution >= 0.6 is 0 Å². The third-order valence-corrected chi connectivity index (χ3v) is 3.95. The van der Waals surface area contributed by atoms with Gasteiger partial charge in [-0.25, -0.2) is 0 Å². The Morgan fingerprint density at radius 3 is 2.35 bits per heavy atom. The van der Waals surface area contributed by atoms with Gasteiger partial charge in [0, 0.05) is 6.04 Å². The van der Waals surface area contributed by atoms with Gasteiger partial charge in [-0.3, -0.25) is 0 Å². The molecule has 1 unspecified atom stereocenters. The van der Waals surface area contributed by atoms with Gasteiger partial charge in [-0.05, 0) is 56.3 Å². The van der Waals surface area contributed by atoms with Crippen molar-refractivity contribution in [2.24, 2.45) is 0 Å². The largest absolute Gasteiger partial charge is 0.490 e. The topological polar surface area (TPSA) is 21.3 Å². The van der Waals surface area contributed by atoms with E-state index in [0.29, 0.717) is 12.1 Å². The zero-order valence-electron chi connectivity index (χ0n) is 10.3. The average molecular weight is 231 g/mol. The summed E-state index contributed by atoms with van der Waals surface area (Å²) in [4.78, 5) is 0. The van der Waals surface area contributed by atoms with Gasteiger partial charge in [-0.15, -0.1) is 0 Å². The van der Waals surface area contributed by atoms with Crippen molar-refractivity contribution in [1.29, 1.82) is 0 Å². The van der Waals surface area contributed by atoms with Crippen LogP contribution in [0.15, 0.2) is 24.3 Å². The van der Waals surface area contributed by atoms with E-state index in [1.165, 1.54) is 44.1 Å². The van der Waals surface area contributed by atoms with Crippen LogP contribution in [-0.4, -0.2) is 12.6 Å². The number of hydrogen-bond acceptors (Lipinski definition) is 2. The van der Waals surface area contributed by atoms with Crippen molar-refractivity contribution in [1.82, 2.24) is 5.32 Å². The van der Waals surface area contributed by atoms with E-state index in [2.05, 4.69) is 29.6 Å². The third kappa shape index (κ3) is 2.63. The highest BCUT2D eigenvalue weighted by molar-refractivity contribution is 5.29. The lowest BCUT2D eigenvalue weighted by atomic mass is 9.96. The van der Waals surface area contributed by atoms with Gasteiger partial charge in [0.1, 0.15) is 5.75 Å². The van der Waals surface area contributed by atoms with E-state index in [9.17, 15) is 0 Å². The van der Waals surface area contributed by atoms with Gasteiger partial charge >= 0.3 is 0 Å². The van der Waals surface area contributed by atoms with Crippen molar-refractivity contribution in [2.45, 2.75) is 50.7 Å². The molecule has 2 nitrogen and oxygen atoms in total. The predicted octanol–water partition coefficient (Wildman–Crippen LogP) is 3.43. The van der Waals surface area contributed by atoms with Crippen LogP contribution in [0.25, 0.3) is 0 Å². The number of piperidine rings is 1. The second kappa shape index (κ2) is 5.09. The minimum Gasteiger partial charge on any atom is -0.490 e. The van der Waals surface area contributed by atoms with Crippen LogP contribution < -0.4 is 10.1 Å². The lowest BCUT2D eigenvalue weighted by Gasteiger charge is -2.27. The van der Waals surface area contributed by atoms with Gasteiger partial charge in [0.05, 0.1) is 6.10 Å². The quantitative estimate of drug-likeness (QED) is 0.860. The molecule has 1 saturated carbocycles. The van der Waals surface area contributed by atoms with Crippen molar-refractivity contribution in [3.8, 4) is 5.75 Å². The molecule has 0 amide bonds. The van der Waals surface area contributed by atoms with Crippen molar-refractivity contribution < 1.29 is 4.74 Å². The van der Waals surface area contributed by atoms with E-state index in [0.717, 1.165) is 12.3 Å².